The Morgan fingerprint density at radius 3 is 1.26 bits per heavy atom. The van der Waals surface area contributed by atoms with Crippen molar-refractivity contribution in [3.8, 4) is 11.8 Å². The molecule has 4 aliphatic rings. The number of nitrogens with zero attached hydrogens (tertiary/aromatic N) is 8. The summed E-state index contributed by atoms with van der Waals surface area (Å²) in [5.41, 5.74) is -0.492. The van der Waals surface area contributed by atoms with E-state index in [1.165, 1.54) is 26.9 Å². The molecule has 25 nitrogen and oxygen atoms in total. The SMILES string of the molecule is C=CC[C@]1(O)C(n2cnc3c(OC)nc(NC(=O)c4ccccc4)nc32)OC2CO[Si](C(C)C)(C(C)C)O[Si](C(C)C)(C(C)C)O[C@H]21.COc1nc(NC(=O)c2ccccc2)nc2c1ncn2C1OC2CO[Si](C(C)C)(C(C)C)O[Si](C(C)C)(C(C)C)O[C@H]2[C@]1(O)CCO. The molecule has 8 heterocycles. The standard InChI is InChI=1S/C33H49N5O7Si2.C32H49N5O8Si2/c1-11-17-33(40)27-25(18-42-46(20(2)3,21(4)5)45-47(44-27,22(6)7)23(8)9)43-31(33)38-19-34-26-28(38)35-32(37-30(26)41-10)36-29(39)24-15-13-12-14-16-24;1-19(2)46(20(3)4)42-17-24-26(44-47(45-46,21(5)6)22(7)8)32(40,15-16-38)30(43-24)37-18-33-25-27(37)34-31(36-29(25)41-9)35-28(39)23-13-11-10-12-14-23/h11-16,19-23,25,27,31,40H,1,17-18H2,2-10H3,(H,35,36,37,39);10-14,18-22,24,26,30,38,40H,15-17H2,1-9H3,(H,34,35,36,39)/t25?,27-,31?,33-;24?,26-,30?,32-/m11/s1. The van der Waals surface area contributed by atoms with E-state index in [1.54, 1.807) is 63.7 Å². The van der Waals surface area contributed by atoms with Gasteiger partial charge in [0, 0.05) is 30.6 Å². The van der Waals surface area contributed by atoms with E-state index in [2.05, 4.69) is 158 Å². The first kappa shape index (κ1) is 72.5. The van der Waals surface area contributed by atoms with Crippen LogP contribution in [0, 0.1) is 0 Å². The highest BCUT2D eigenvalue weighted by atomic mass is 28.5. The van der Waals surface area contributed by atoms with Gasteiger partial charge in [-0.1, -0.05) is 153 Å². The van der Waals surface area contributed by atoms with Crippen LogP contribution in [0.15, 0.2) is 86.0 Å². The third-order valence-corrected chi connectivity index (χ3v) is 39.4. The molecule has 514 valence electrons. The molecule has 94 heavy (non-hydrogen) atoms. The maximum Gasteiger partial charge on any atom is 0.335 e. The number of benzene rings is 2. The first-order valence-corrected chi connectivity index (χ1v) is 40.7. The average molecular weight is 1370 g/mol. The molecule has 5 N–H and O–H groups in total. The number of aliphatic hydroxyl groups excluding tert-OH is 1. The summed E-state index contributed by atoms with van der Waals surface area (Å²) < 4.78 is 70.7. The summed E-state index contributed by atoms with van der Waals surface area (Å²) in [4.78, 5) is 53.1. The number of imidazole rings is 2. The number of ether oxygens (including phenoxy) is 4. The molecule has 4 unspecified atom stereocenters. The third kappa shape index (κ3) is 13.2. The van der Waals surface area contributed by atoms with E-state index in [9.17, 15) is 24.9 Å². The lowest BCUT2D eigenvalue weighted by atomic mass is 9.90. The van der Waals surface area contributed by atoms with Crippen LogP contribution in [0.1, 0.15) is 157 Å². The Bertz CT molecular complexity index is 3570. The fourth-order valence-electron chi connectivity index (χ4n) is 14.0. The van der Waals surface area contributed by atoms with Gasteiger partial charge < -0.3 is 60.2 Å². The van der Waals surface area contributed by atoms with Gasteiger partial charge in [0.15, 0.2) is 34.8 Å². The van der Waals surface area contributed by atoms with Crippen LogP contribution in [0.3, 0.4) is 0 Å². The number of fused-ring (bicyclic) bond motifs is 4. The van der Waals surface area contributed by atoms with Gasteiger partial charge in [0.05, 0.1) is 40.1 Å². The van der Waals surface area contributed by atoms with Crippen molar-refractivity contribution in [2.24, 2.45) is 0 Å². The Kier molecular flexibility index (Phi) is 22.2. The first-order chi connectivity index (χ1) is 44.5. The number of carbonyl (C=O) groups is 2. The van der Waals surface area contributed by atoms with Crippen molar-refractivity contribution in [1.82, 2.24) is 39.0 Å². The van der Waals surface area contributed by atoms with Gasteiger partial charge in [-0.3, -0.25) is 29.4 Å². The van der Waals surface area contributed by atoms with Gasteiger partial charge in [0.1, 0.15) is 35.6 Å². The highest BCUT2D eigenvalue weighted by molar-refractivity contribution is 6.84. The van der Waals surface area contributed by atoms with Crippen molar-refractivity contribution in [3.05, 3.63) is 97.1 Å². The molecule has 2 amide bonds. The van der Waals surface area contributed by atoms with Crippen LogP contribution in [0.2, 0.25) is 44.3 Å². The second kappa shape index (κ2) is 28.7. The summed E-state index contributed by atoms with van der Waals surface area (Å²) >= 11 is 0. The number of aliphatic hydroxyl groups is 3. The maximum atomic E-state index is 13.0. The van der Waals surface area contributed by atoms with Crippen molar-refractivity contribution in [1.29, 1.82) is 0 Å². The highest BCUT2D eigenvalue weighted by Gasteiger charge is 2.68. The van der Waals surface area contributed by atoms with E-state index in [-0.39, 0.29) is 112 Å². The molecule has 4 aliphatic heterocycles. The van der Waals surface area contributed by atoms with Crippen molar-refractivity contribution in [2.75, 3.05) is 44.7 Å². The van der Waals surface area contributed by atoms with E-state index < -0.39 is 88.2 Å². The lowest BCUT2D eigenvalue weighted by molar-refractivity contribution is -0.116. The zero-order chi connectivity index (χ0) is 68.6. The molecule has 29 heteroatoms. The van der Waals surface area contributed by atoms with Crippen molar-refractivity contribution >= 4 is 80.3 Å². The third-order valence-electron chi connectivity index (χ3n) is 18.9. The predicted octanol–water partition coefficient (Wildman–Crippen LogP) is 11.3. The molecule has 4 fully saturated rings. The summed E-state index contributed by atoms with van der Waals surface area (Å²) in [6.07, 6.45) is -0.305. The molecular formula is C65H98N10O15Si4. The van der Waals surface area contributed by atoms with E-state index in [0.717, 1.165) is 0 Å². The Labute approximate surface area is 556 Å². The van der Waals surface area contributed by atoms with Gasteiger partial charge in [0.25, 0.3) is 11.8 Å². The van der Waals surface area contributed by atoms with Crippen LogP contribution in [0.4, 0.5) is 11.9 Å². The van der Waals surface area contributed by atoms with Crippen molar-refractivity contribution in [2.45, 2.75) is 216 Å². The lowest BCUT2D eigenvalue weighted by Crippen LogP contribution is -2.67. The van der Waals surface area contributed by atoms with Gasteiger partial charge in [-0.15, -0.1) is 6.58 Å². The molecule has 4 saturated heterocycles. The number of hydrogen-bond acceptors (Lipinski definition) is 21. The summed E-state index contributed by atoms with van der Waals surface area (Å²) in [5.74, 6) is -0.475. The number of rotatable bonds is 20. The molecule has 0 spiro atoms. The van der Waals surface area contributed by atoms with E-state index >= 15 is 0 Å². The zero-order valence-electron chi connectivity index (χ0n) is 57.6. The van der Waals surface area contributed by atoms with Gasteiger partial charge in [-0.05, 0) is 68.6 Å². The second-order valence-corrected chi connectivity index (χ2v) is 45.1. The Morgan fingerprint density at radius 1 is 0.574 bits per heavy atom. The van der Waals surface area contributed by atoms with Crippen LogP contribution in [0.25, 0.3) is 22.3 Å². The smallest absolute Gasteiger partial charge is 0.335 e. The molecular weight excluding hydrogens is 1270 g/mol. The Balaban J connectivity index is 0.000000221. The number of hydrogen-bond donors (Lipinski definition) is 5. The topological polar surface area (TPSA) is 298 Å². The largest absolute Gasteiger partial charge is 0.479 e. The number of amides is 2. The Hall–Kier alpha value is -5.75. The summed E-state index contributed by atoms with van der Waals surface area (Å²) in [6, 6.07) is 17.5. The minimum atomic E-state index is -3.13. The quantitative estimate of drug-likeness (QED) is 0.0350. The van der Waals surface area contributed by atoms with Crippen LogP contribution < -0.4 is 20.1 Å². The summed E-state index contributed by atoms with van der Waals surface area (Å²) in [5, 5.41) is 41.2. The van der Waals surface area contributed by atoms with Crippen LogP contribution in [0.5, 0.6) is 11.8 Å². The highest BCUT2D eigenvalue weighted by Crippen LogP contribution is 2.55. The normalized spacial score (nSPS) is 25.7. The van der Waals surface area contributed by atoms with Crippen molar-refractivity contribution < 1.29 is 69.8 Å². The van der Waals surface area contributed by atoms with Gasteiger partial charge in [-0.25, -0.2) is 9.97 Å². The number of carbonyl (C=O) groups excluding carboxylic acids is 2. The van der Waals surface area contributed by atoms with E-state index in [4.69, 9.17) is 44.9 Å². The van der Waals surface area contributed by atoms with E-state index in [1.807, 2.05) is 12.1 Å². The monoisotopic (exact) mass is 1370 g/mol. The maximum absolute atomic E-state index is 13.0. The molecule has 0 radical (unpaired) electrons. The van der Waals surface area contributed by atoms with Crippen LogP contribution in [-0.2, 0) is 35.4 Å². The molecule has 4 aromatic heterocycles. The van der Waals surface area contributed by atoms with Crippen molar-refractivity contribution in [3.63, 3.8) is 0 Å². The van der Waals surface area contributed by atoms with Gasteiger partial charge in [-0.2, -0.15) is 19.9 Å². The molecule has 10 rings (SSSR count). The number of nitrogens with one attached hydrogen (secondary N) is 2. The van der Waals surface area contributed by atoms with Gasteiger partial charge >= 0.3 is 34.2 Å². The molecule has 0 aliphatic carbocycles. The minimum Gasteiger partial charge on any atom is -0.479 e. The fraction of sp³-hybridized carbons (Fsp3) is 0.600. The minimum absolute atomic E-state index is 0.0108. The van der Waals surface area contributed by atoms with Crippen LogP contribution >= 0.6 is 0 Å². The van der Waals surface area contributed by atoms with Gasteiger partial charge in [0.2, 0.25) is 23.7 Å². The average Bonchev–Trinajstić information content (AvgIpc) is 1.52. The summed E-state index contributed by atoms with van der Waals surface area (Å²) in [7, 11) is -9.01. The molecule has 2 aromatic carbocycles. The Morgan fingerprint density at radius 2 is 0.926 bits per heavy atom. The predicted molar refractivity (Wildman–Crippen MR) is 364 cm³/mol. The first-order valence-electron chi connectivity index (χ1n) is 32.8. The number of methoxy groups -OCH3 is 2. The lowest BCUT2D eigenvalue weighted by Gasteiger charge is -2.52. The van der Waals surface area contributed by atoms with Crippen LogP contribution in [-0.4, -0.2) is 170 Å². The van der Waals surface area contributed by atoms with E-state index in [0.29, 0.717) is 27.8 Å². The molecule has 0 bridgehead atoms. The number of aromatic nitrogens is 8. The number of anilines is 2. The summed E-state index contributed by atoms with van der Waals surface area (Å²) in [6.45, 7) is 38.2. The fourth-order valence-corrected chi connectivity index (χ4v) is 36.5. The molecule has 0 saturated carbocycles. The molecule has 8 atom stereocenters. The second-order valence-electron chi connectivity index (χ2n) is 27.4. The molecule has 6 aromatic rings. The zero-order valence-corrected chi connectivity index (χ0v) is 61.6.